The molecule has 1 aromatic heterocycles. The third-order valence-corrected chi connectivity index (χ3v) is 4.75. The number of hydrogen-bond donors (Lipinski definition) is 1. The molecule has 0 aliphatic carbocycles. The highest BCUT2D eigenvalue weighted by Gasteiger charge is 2.21. The average molecular weight is 366 g/mol. The van der Waals surface area contributed by atoms with Crippen LogP contribution in [-0.4, -0.2) is 23.5 Å². The molecule has 1 N–H and O–H groups in total. The Morgan fingerprint density at radius 2 is 1.96 bits per heavy atom. The number of benzene rings is 1. The molecule has 0 aliphatic heterocycles. The number of fused-ring (bicyclic) bond motifs is 1. The number of carbonyl (C=O) groups excluding carboxylic acids is 2. The Hall–Kier alpha value is -1.85. The first-order chi connectivity index (χ1) is 11.2. The molecule has 4 nitrogen and oxygen atoms in total. The van der Waals surface area contributed by atoms with Gasteiger partial charge in [0.25, 0.3) is 5.91 Å². The normalized spacial score (nSPS) is 13.2. The molecular weight excluding hydrogens is 346 g/mol. The molecule has 0 unspecified atom stereocenters. The summed E-state index contributed by atoms with van der Waals surface area (Å²) < 4.78 is 6.17. The van der Waals surface area contributed by atoms with E-state index in [9.17, 15) is 9.59 Å². The SMILES string of the molecule is C[C@H](OC(=O)/C=C/c1sc2ccccc2c1Cl)C(=O)NC(C)(C)C. The maximum Gasteiger partial charge on any atom is 0.331 e. The van der Waals surface area contributed by atoms with Crippen LogP contribution < -0.4 is 5.32 Å². The van der Waals surface area contributed by atoms with Gasteiger partial charge >= 0.3 is 5.97 Å². The predicted octanol–water partition coefficient (Wildman–Crippen LogP) is 4.41. The van der Waals surface area contributed by atoms with Crippen molar-refractivity contribution < 1.29 is 14.3 Å². The van der Waals surface area contributed by atoms with E-state index in [1.807, 2.05) is 45.0 Å². The monoisotopic (exact) mass is 365 g/mol. The number of esters is 1. The van der Waals surface area contributed by atoms with Crippen LogP contribution in [0.2, 0.25) is 5.02 Å². The summed E-state index contributed by atoms with van der Waals surface area (Å²) in [6, 6.07) is 7.76. The zero-order valence-electron chi connectivity index (χ0n) is 14.1. The van der Waals surface area contributed by atoms with Gasteiger partial charge in [-0.2, -0.15) is 0 Å². The second-order valence-electron chi connectivity index (χ2n) is 6.43. The minimum absolute atomic E-state index is 0.329. The van der Waals surface area contributed by atoms with Gasteiger partial charge in [0.15, 0.2) is 6.10 Å². The lowest BCUT2D eigenvalue weighted by molar-refractivity contribution is -0.150. The molecule has 24 heavy (non-hydrogen) atoms. The fourth-order valence-electron chi connectivity index (χ4n) is 2.02. The summed E-state index contributed by atoms with van der Waals surface area (Å²) in [6.07, 6.45) is 2.04. The number of rotatable bonds is 4. The van der Waals surface area contributed by atoms with Crippen molar-refractivity contribution >= 4 is 51.0 Å². The summed E-state index contributed by atoms with van der Waals surface area (Å²) in [5.41, 5.74) is -0.377. The topological polar surface area (TPSA) is 55.4 Å². The second-order valence-corrected chi connectivity index (χ2v) is 7.89. The van der Waals surface area contributed by atoms with E-state index < -0.39 is 12.1 Å². The molecular formula is C18H20ClNO3S. The fraction of sp³-hybridized carbons (Fsp3) is 0.333. The summed E-state index contributed by atoms with van der Waals surface area (Å²) in [7, 11) is 0. The van der Waals surface area contributed by atoms with Crippen LogP contribution in [0.4, 0.5) is 0 Å². The van der Waals surface area contributed by atoms with Crippen molar-refractivity contribution in [2.75, 3.05) is 0 Å². The summed E-state index contributed by atoms with van der Waals surface area (Å²) in [4.78, 5) is 24.6. The zero-order valence-corrected chi connectivity index (χ0v) is 15.6. The van der Waals surface area contributed by atoms with Gasteiger partial charge in [-0.1, -0.05) is 29.8 Å². The molecule has 6 heteroatoms. The van der Waals surface area contributed by atoms with Crippen molar-refractivity contribution in [3.63, 3.8) is 0 Å². The molecule has 1 aromatic carbocycles. The number of thiophene rings is 1. The second kappa shape index (κ2) is 7.36. The van der Waals surface area contributed by atoms with Gasteiger partial charge in [-0.05, 0) is 39.8 Å². The molecule has 0 saturated heterocycles. The van der Waals surface area contributed by atoms with Gasteiger partial charge in [0, 0.05) is 26.6 Å². The van der Waals surface area contributed by atoms with Crippen LogP contribution in [0.15, 0.2) is 30.3 Å². The van der Waals surface area contributed by atoms with Crippen molar-refractivity contribution in [2.24, 2.45) is 0 Å². The van der Waals surface area contributed by atoms with E-state index in [4.69, 9.17) is 16.3 Å². The van der Waals surface area contributed by atoms with E-state index in [1.165, 1.54) is 17.4 Å². The summed E-state index contributed by atoms with van der Waals surface area (Å²) >= 11 is 7.81. The molecule has 2 rings (SSSR count). The van der Waals surface area contributed by atoms with Gasteiger partial charge in [0.2, 0.25) is 0 Å². The quantitative estimate of drug-likeness (QED) is 0.644. The Morgan fingerprint density at radius 3 is 2.58 bits per heavy atom. The molecule has 0 bridgehead atoms. The van der Waals surface area contributed by atoms with Crippen LogP contribution in [0.5, 0.6) is 0 Å². The number of hydrogen-bond acceptors (Lipinski definition) is 4. The molecule has 1 atom stereocenters. The van der Waals surface area contributed by atoms with Crippen LogP contribution in [0.25, 0.3) is 16.2 Å². The van der Waals surface area contributed by atoms with Crippen molar-refractivity contribution in [3.8, 4) is 0 Å². The lowest BCUT2D eigenvalue weighted by Crippen LogP contribution is -2.46. The highest BCUT2D eigenvalue weighted by molar-refractivity contribution is 7.20. The highest BCUT2D eigenvalue weighted by atomic mass is 35.5. The van der Waals surface area contributed by atoms with Gasteiger partial charge in [-0.15, -0.1) is 11.3 Å². The van der Waals surface area contributed by atoms with E-state index in [-0.39, 0.29) is 11.4 Å². The highest BCUT2D eigenvalue weighted by Crippen LogP contribution is 2.35. The number of carbonyl (C=O) groups is 2. The first-order valence-corrected chi connectivity index (χ1v) is 8.74. The molecule has 0 fully saturated rings. The zero-order chi connectivity index (χ0) is 17.9. The number of halogens is 1. The minimum Gasteiger partial charge on any atom is -0.449 e. The molecule has 0 aliphatic rings. The number of amides is 1. The first-order valence-electron chi connectivity index (χ1n) is 7.55. The maximum absolute atomic E-state index is 11.9. The maximum atomic E-state index is 11.9. The third kappa shape index (κ3) is 4.82. The molecule has 1 amide bonds. The minimum atomic E-state index is -0.862. The van der Waals surface area contributed by atoms with E-state index in [2.05, 4.69) is 5.32 Å². The standard InChI is InChI=1S/C18H20ClNO3S/c1-11(17(22)20-18(2,3)4)23-15(21)10-9-14-16(19)12-7-5-6-8-13(12)24-14/h5-11H,1-4H3,(H,20,22)/b10-9+/t11-/m0/s1. The van der Waals surface area contributed by atoms with E-state index >= 15 is 0 Å². The Bertz CT molecular complexity index is 789. The molecule has 1 heterocycles. The van der Waals surface area contributed by atoms with Gasteiger partial charge < -0.3 is 10.1 Å². The van der Waals surface area contributed by atoms with Crippen molar-refractivity contribution in [3.05, 3.63) is 40.2 Å². The van der Waals surface area contributed by atoms with Crippen LogP contribution in [0.1, 0.15) is 32.6 Å². The van der Waals surface area contributed by atoms with Gasteiger partial charge in [0.1, 0.15) is 0 Å². The Labute approximate surface area is 150 Å². The summed E-state index contributed by atoms with van der Waals surface area (Å²) in [5, 5.41) is 4.33. The van der Waals surface area contributed by atoms with Crippen LogP contribution in [0, 0.1) is 0 Å². The lowest BCUT2D eigenvalue weighted by atomic mass is 10.1. The smallest absolute Gasteiger partial charge is 0.331 e. The lowest BCUT2D eigenvalue weighted by Gasteiger charge is -2.22. The van der Waals surface area contributed by atoms with Gasteiger partial charge in [-0.3, -0.25) is 4.79 Å². The molecule has 128 valence electrons. The van der Waals surface area contributed by atoms with Gasteiger partial charge in [0.05, 0.1) is 5.02 Å². The Morgan fingerprint density at radius 1 is 1.29 bits per heavy atom. The number of ether oxygens (including phenoxy) is 1. The third-order valence-electron chi connectivity index (χ3n) is 3.09. The molecule has 0 spiro atoms. The van der Waals surface area contributed by atoms with Crippen LogP contribution in [-0.2, 0) is 14.3 Å². The molecule has 0 radical (unpaired) electrons. The fourth-order valence-corrected chi connectivity index (χ4v) is 3.42. The van der Waals surface area contributed by atoms with Crippen LogP contribution >= 0.6 is 22.9 Å². The van der Waals surface area contributed by atoms with Gasteiger partial charge in [-0.25, -0.2) is 4.79 Å². The number of nitrogens with one attached hydrogen (secondary N) is 1. The average Bonchev–Trinajstić information content (AvgIpc) is 2.80. The van der Waals surface area contributed by atoms with Crippen LogP contribution in [0.3, 0.4) is 0 Å². The summed E-state index contributed by atoms with van der Waals surface area (Å²) in [5.74, 6) is -0.913. The largest absolute Gasteiger partial charge is 0.449 e. The summed E-state index contributed by atoms with van der Waals surface area (Å²) in [6.45, 7) is 7.13. The van der Waals surface area contributed by atoms with E-state index in [1.54, 1.807) is 13.0 Å². The van der Waals surface area contributed by atoms with E-state index in [0.29, 0.717) is 5.02 Å². The van der Waals surface area contributed by atoms with Crippen molar-refractivity contribution in [1.29, 1.82) is 0 Å². The van der Waals surface area contributed by atoms with Crippen molar-refractivity contribution in [1.82, 2.24) is 5.32 Å². The van der Waals surface area contributed by atoms with Crippen molar-refractivity contribution in [2.45, 2.75) is 39.3 Å². The molecule has 0 saturated carbocycles. The Balaban J connectivity index is 2.02. The predicted molar refractivity (Wildman–Crippen MR) is 99.3 cm³/mol. The molecule has 2 aromatic rings. The van der Waals surface area contributed by atoms with E-state index in [0.717, 1.165) is 15.0 Å². The Kier molecular flexibility index (Phi) is 5.67. The first kappa shape index (κ1) is 18.5.